The highest BCUT2D eigenvalue weighted by atomic mass is 16.3. The summed E-state index contributed by atoms with van der Waals surface area (Å²) >= 11 is 0. The van der Waals surface area contributed by atoms with E-state index >= 15 is 0 Å². The summed E-state index contributed by atoms with van der Waals surface area (Å²) in [6.07, 6.45) is 4.87. The Labute approximate surface area is 475 Å². The van der Waals surface area contributed by atoms with E-state index in [0.717, 1.165) is 55.3 Å². The molecule has 6 rings (SSSR count). The van der Waals surface area contributed by atoms with E-state index in [1.54, 1.807) is 6.07 Å². The minimum atomic E-state index is -0.217. The van der Waals surface area contributed by atoms with Crippen LogP contribution in [-0.4, -0.2) is 5.11 Å². The van der Waals surface area contributed by atoms with Crippen molar-refractivity contribution in [3.8, 4) is 112 Å². The minimum absolute atomic E-state index is 0.00813. The molecule has 0 fully saturated rings. The van der Waals surface area contributed by atoms with Crippen LogP contribution >= 0.6 is 0 Å². The third kappa shape index (κ3) is 20.6. The van der Waals surface area contributed by atoms with Crippen molar-refractivity contribution in [1.29, 1.82) is 0 Å². The van der Waals surface area contributed by atoms with Crippen LogP contribution in [0.15, 0.2) is 118 Å². The summed E-state index contributed by atoms with van der Waals surface area (Å²) in [6, 6.07) is 27.1. The lowest BCUT2D eigenvalue weighted by molar-refractivity contribution is 0.477. The van der Waals surface area contributed by atoms with Crippen LogP contribution in [0.2, 0.25) is 0 Å². The Hall–Kier alpha value is -8.72. The Morgan fingerprint density at radius 3 is 1.22 bits per heavy atom. The van der Waals surface area contributed by atoms with Crippen LogP contribution in [-0.2, 0) is 0 Å². The van der Waals surface area contributed by atoms with Crippen LogP contribution in [0.3, 0.4) is 0 Å². The summed E-state index contributed by atoms with van der Waals surface area (Å²) in [7, 11) is 0. The van der Waals surface area contributed by atoms with E-state index in [9.17, 15) is 5.11 Å². The molecule has 0 saturated heterocycles. The van der Waals surface area contributed by atoms with Gasteiger partial charge in [0.25, 0.3) is 0 Å². The van der Waals surface area contributed by atoms with Gasteiger partial charge in [0.05, 0.1) is 11.1 Å². The number of azo groups is 1. The number of aromatic hydroxyl groups is 1. The predicted octanol–water partition coefficient (Wildman–Crippen LogP) is 17.7. The van der Waals surface area contributed by atoms with Gasteiger partial charge in [-0.2, -0.15) is 0 Å². The molecule has 1 atom stereocenters. The molecule has 1 aliphatic rings. The standard InChI is InChI=1S/C76H74N2O/c1-71(2,3)37-31-58-43-54(44-59(49-58)32-38-72(4,5)6)23-24-57-52-65(27-25-55-45-60(33-39-73(7,8)9)50-61(46-55)34-40-74(10,11)12)69(77-78-70-67-22-20-19-21-64(67)29-30-68(70)79)66(53-57)28-26-56-47-62(35-41-75(13,14)15)51-63(48-56)36-42-76(16,17)18/h19-22,29-30,43,45-53,59,79H,44H2,1-18H3/b78-77+. The monoisotopic (exact) mass is 1030 g/mol. The van der Waals surface area contributed by atoms with Gasteiger partial charge in [0, 0.05) is 93.9 Å². The van der Waals surface area contributed by atoms with Crippen LogP contribution in [0.4, 0.5) is 11.4 Å². The minimum Gasteiger partial charge on any atom is -0.506 e. The Balaban J connectivity index is 1.69. The number of allylic oxidation sites excluding steroid dienone is 4. The number of hydrogen-bond donors (Lipinski definition) is 1. The first-order chi connectivity index (χ1) is 36.7. The molecular weight excluding hydrogens is 957 g/mol. The van der Waals surface area contributed by atoms with Crippen LogP contribution in [0.1, 0.15) is 181 Å². The SMILES string of the molecule is CC(C)(C)C#CC1=CC(C#CC(C)(C)C)CC(C#Cc2cc(C#Cc3cc(C#CC(C)(C)C)cc(C#CC(C)(C)C)c3)c(/N=N/c3c(O)ccc4ccccc34)c(C#Cc3cc(C#CC(C)(C)C)cc(C#CC(C)(C)C)c3)c2)=C1. The number of benzene rings is 5. The summed E-state index contributed by atoms with van der Waals surface area (Å²) in [6.45, 7) is 37.8. The Morgan fingerprint density at radius 2 is 0.772 bits per heavy atom. The number of fused-ring (bicyclic) bond motifs is 1. The molecular formula is C76H74N2O. The molecule has 1 aliphatic carbocycles. The van der Waals surface area contributed by atoms with Gasteiger partial charge in [-0.15, -0.1) is 10.2 Å². The topological polar surface area (TPSA) is 45.0 Å². The number of rotatable bonds is 2. The van der Waals surface area contributed by atoms with Crippen molar-refractivity contribution in [3.05, 3.63) is 158 Å². The van der Waals surface area contributed by atoms with Gasteiger partial charge < -0.3 is 5.11 Å². The third-order valence-electron chi connectivity index (χ3n) is 10.8. The molecule has 5 aromatic carbocycles. The lowest BCUT2D eigenvalue weighted by Gasteiger charge is -2.15. The highest BCUT2D eigenvalue weighted by molar-refractivity contribution is 5.95. The maximum absolute atomic E-state index is 11.3. The molecule has 3 heteroatoms. The van der Waals surface area contributed by atoms with E-state index in [0.29, 0.717) is 34.5 Å². The maximum Gasteiger partial charge on any atom is 0.143 e. The molecule has 79 heavy (non-hydrogen) atoms. The number of phenols is 1. The van der Waals surface area contributed by atoms with Gasteiger partial charge in [0.15, 0.2) is 0 Å². The predicted molar refractivity (Wildman–Crippen MR) is 332 cm³/mol. The van der Waals surface area contributed by atoms with Crippen molar-refractivity contribution < 1.29 is 5.11 Å². The fourth-order valence-electron chi connectivity index (χ4n) is 7.25. The summed E-state index contributed by atoms with van der Waals surface area (Å²) < 4.78 is 0. The first kappa shape index (κ1) is 59.5. The largest absolute Gasteiger partial charge is 0.506 e. The number of nitrogens with zero attached hydrogens (tertiary/aromatic N) is 2. The quantitative estimate of drug-likeness (QED) is 0.139. The molecule has 0 heterocycles. The fourth-order valence-corrected chi connectivity index (χ4v) is 7.25. The molecule has 5 aromatic rings. The van der Waals surface area contributed by atoms with Gasteiger partial charge in [-0.05, 0) is 197 Å². The molecule has 1 N–H and O–H groups in total. The second-order valence-electron chi connectivity index (χ2n) is 26.2. The van der Waals surface area contributed by atoms with E-state index in [-0.39, 0.29) is 44.2 Å². The summed E-state index contributed by atoms with van der Waals surface area (Å²) in [5.74, 6) is 61.7. The van der Waals surface area contributed by atoms with Crippen molar-refractivity contribution in [1.82, 2.24) is 0 Å². The van der Waals surface area contributed by atoms with Gasteiger partial charge in [-0.25, -0.2) is 0 Å². The number of phenolic OH excluding ortho intramolecular Hbond substituents is 1. The first-order valence-corrected chi connectivity index (χ1v) is 27.0. The Morgan fingerprint density at radius 1 is 0.392 bits per heavy atom. The molecule has 1 unspecified atom stereocenters. The van der Waals surface area contributed by atoms with Gasteiger partial charge >= 0.3 is 0 Å². The Kier molecular flexibility index (Phi) is 18.3. The highest BCUT2D eigenvalue weighted by Gasteiger charge is 2.16. The number of hydrogen-bond acceptors (Lipinski definition) is 3. The lowest BCUT2D eigenvalue weighted by Crippen LogP contribution is -2.06. The molecule has 3 nitrogen and oxygen atoms in total. The fraction of sp³-hybridized carbons (Fsp3) is 0.342. The van der Waals surface area contributed by atoms with Crippen molar-refractivity contribution in [2.24, 2.45) is 48.6 Å². The smallest absolute Gasteiger partial charge is 0.143 e. The molecule has 0 aromatic heterocycles. The normalized spacial score (nSPS) is 13.3. The zero-order valence-electron chi connectivity index (χ0n) is 49.9. The van der Waals surface area contributed by atoms with E-state index in [4.69, 9.17) is 10.2 Å². The van der Waals surface area contributed by atoms with E-state index < -0.39 is 0 Å². The van der Waals surface area contributed by atoms with Crippen LogP contribution in [0.5, 0.6) is 5.75 Å². The Bertz CT molecular complexity index is 3670. The van der Waals surface area contributed by atoms with Crippen molar-refractivity contribution >= 4 is 22.1 Å². The zero-order chi connectivity index (χ0) is 58.0. The summed E-state index contributed by atoms with van der Waals surface area (Å²) in [5, 5.41) is 22.8. The second kappa shape index (κ2) is 24.3. The van der Waals surface area contributed by atoms with Crippen LogP contribution in [0, 0.1) is 145 Å². The summed E-state index contributed by atoms with van der Waals surface area (Å²) in [4.78, 5) is 0. The molecule has 394 valence electrons. The van der Waals surface area contributed by atoms with Gasteiger partial charge in [-0.3, -0.25) is 0 Å². The van der Waals surface area contributed by atoms with Crippen LogP contribution < -0.4 is 0 Å². The van der Waals surface area contributed by atoms with Gasteiger partial charge in [-0.1, -0.05) is 143 Å². The molecule has 0 aliphatic heterocycles. The van der Waals surface area contributed by atoms with Crippen LogP contribution in [0.25, 0.3) is 10.8 Å². The molecule has 0 radical (unpaired) electrons. The molecule has 0 amide bonds. The maximum atomic E-state index is 11.3. The van der Waals surface area contributed by atoms with E-state index in [1.807, 2.05) is 78.9 Å². The zero-order valence-corrected chi connectivity index (χ0v) is 49.9. The van der Waals surface area contributed by atoms with Crippen molar-refractivity contribution in [3.63, 3.8) is 0 Å². The average Bonchev–Trinajstić information content (AvgIpc) is 3.34. The van der Waals surface area contributed by atoms with Gasteiger partial charge in [0.2, 0.25) is 0 Å². The van der Waals surface area contributed by atoms with E-state index in [2.05, 4.69) is 243 Å². The van der Waals surface area contributed by atoms with Gasteiger partial charge in [0.1, 0.15) is 17.1 Å². The second-order valence-corrected chi connectivity index (χ2v) is 26.2. The molecule has 0 spiro atoms. The van der Waals surface area contributed by atoms with Crippen molar-refractivity contribution in [2.75, 3.05) is 0 Å². The molecule has 0 bridgehead atoms. The highest BCUT2D eigenvalue weighted by Crippen LogP contribution is 2.37. The van der Waals surface area contributed by atoms with E-state index in [1.165, 1.54) is 0 Å². The van der Waals surface area contributed by atoms with Crippen molar-refractivity contribution in [2.45, 2.75) is 131 Å². The summed E-state index contributed by atoms with van der Waals surface area (Å²) in [5.41, 5.74) is 7.73. The average molecular weight is 1030 g/mol. The molecule has 0 saturated carbocycles. The lowest BCUT2D eigenvalue weighted by atomic mass is 9.88. The first-order valence-electron chi connectivity index (χ1n) is 27.0. The third-order valence-corrected chi connectivity index (χ3v) is 10.8.